The van der Waals surface area contributed by atoms with Gasteiger partial charge in [-0.15, -0.1) is 0 Å². The number of hydrogen-bond donors (Lipinski definition) is 1. The van der Waals surface area contributed by atoms with Crippen LogP contribution in [0.4, 0.5) is 0 Å². The highest BCUT2D eigenvalue weighted by Crippen LogP contribution is 2.18. The van der Waals surface area contributed by atoms with Gasteiger partial charge in [0.15, 0.2) is 0 Å². The predicted molar refractivity (Wildman–Crippen MR) is 60.8 cm³/mol. The van der Waals surface area contributed by atoms with E-state index < -0.39 is 11.6 Å². The van der Waals surface area contributed by atoms with Crippen LogP contribution in [0.2, 0.25) is 0 Å². The minimum Gasteiger partial charge on any atom is -0.478 e. The van der Waals surface area contributed by atoms with Crippen molar-refractivity contribution in [2.45, 2.75) is 26.4 Å². The number of para-hydroxylation sites is 1. The molecule has 94 valence electrons. The Labute approximate surface area is 99.8 Å². The molecule has 0 heterocycles. The average molecular weight is 240 g/mol. The molecule has 0 fully saturated rings. The van der Waals surface area contributed by atoms with Crippen LogP contribution in [0, 0.1) is 0 Å². The fourth-order valence-corrected chi connectivity index (χ4v) is 1.06. The van der Waals surface area contributed by atoms with Crippen molar-refractivity contribution in [1.29, 1.82) is 0 Å². The van der Waals surface area contributed by atoms with E-state index in [0.717, 1.165) is 0 Å². The zero-order valence-electron chi connectivity index (χ0n) is 10.1. The van der Waals surface area contributed by atoms with Gasteiger partial charge in [-0.25, -0.2) is 9.68 Å². The van der Waals surface area contributed by atoms with E-state index in [0.29, 0.717) is 0 Å². The quantitative estimate of drug-likeness (QED) is 0.370. The number of aromatic carboxylic acids is 1. The third-order valence-corrected chi connectivity index (χ3v) is 1.69. The molecule has 0 aliphatic rings. The Morgan fingerprint density at radius 2 is 1.94 bits per heavy atom. The molecule has 1 N–H and O–H groups in total. The van der Waals surface area contributed by atoms with Crippen molar-refractivity contribution in [3.8, 4) is 5.75 Å². The van der Waals surface area contributed by atoms with Gasteiger partial charge in [-0.1, -0.05) is 12.1 Å². The molecule has 5 nitrogen and oxygen atoms in total. The summed E-state index contributed by atoms with van der Waals surface area (Å²) in [5.41, 5.74) is -0.345. The molecule has 0 aliphatic carbocycles. The van der Waals surface area contributed by atoms with Crippen LogP contribution in [0.15, 0.2) is 24.3 Å². The first kappa shape index (κ1) is 13.5. The summed E-state index contributed by atoms with van der Waals surface area (Å²) in [6.45, 7) is 5.33. The Bertz CT molecular complexity index is 381. The molecular weight excluding hydrogens is 224 g/mol. The number of hydrogen-bond acceptors (Lipinski definition) is 4. The fourth-order valence-electron chi connectivity index (χ4n) is 1.06. The van der Waals surface area contributed by atoms with Crippen LogP contribution in [0.5, 0.6) is 5.75 Å². The topological polar surface area (TPSA) is 65.0 Å². The van der Waals surface area contributed by atoms with Gasteiger partial charge in [0.25, 0.3) is 0 Å². The molecule has 1 rings (SSSR count). The van der Waals surface area contributed by atoms with Gasteiger partial charge in [-0.05, 0) is 32.9 Å². The lowest BCUT2D eigenvalue weighted by Crippen LogP contribution is -2.21. The van der Waals surface area contributed by atoms with Crippen molar-refractivity contribution in [2.24, 2.45) is 0 Å². The van der Waals surface area contributed by atoms with Gasteiger partial charge >= 0.3 is 5.97 Å². The molecule has 17 heavy (non-hydrogen) atoms. The molecule has 0 aliphatic heterocycles. The highest BCUT2D eigenvalue weighted by Gasteiger charge is 2.13. The van der Waals surface area contributed by atoms with Gasteiger partial charge in [0.1, 0.15) is 11.3 Å². The normalized spacial score (nSPS) is 11.2. The molecule has 1 aromatic carbocycles. The Morgan fingerprint density at radius 1 is 1.29 bits per heavy atom. The van der Waals surface area contributed by atoms with E-state index in [4.69, 9.17) is 19.6 Å². The van der Waals surface area contributed by atoms with Gasteiger partial charge < -0.3 is 9.84 Å². The summed E-state index contributed by atoms with van der Waals surface area (Å²) in [6.07, 6.45) is 0. The smallest absolute Gasteiger partial charge is 0.339 e. The summed E-state index contributed by atoms with van der Waals surface area (Å²) in [6, 6.07) is 6.33. The monoisotopic (exact) mass is 240 g/mol. The number of carboxylic acid groups (broad SMARTS) is 1. The fraction of sp³-hybridized carbons (Fsp3) is 0.417. The summed E-state index contributed by atoms with van der Waals surface area (Å²) in [5.74, 6) is -0.796. The predicted octanol–water partition coefficient (Wildman–Crippen LogP) is 2.47. The van der Waals surface area contributed by atoms with Gasteiger partial charge in [-0.2, -0.15) is 4.89 Å². The maximum absolute atomic E-state index is 10.9. The van der Waals surface area contributed by atoms with Crippen LogP contribution >= 0.6 is 0 Å². The zero-order valence-corrected chi connectivity index (χ0v) is 10.1. The summed E-state index contributed by atoms with van der Waals surface area (Å²) in [5, 5.41) is 8.90. The lowest BCUT2D eigenvalue weighted by atomic mass is 10.2. The second-order valence-corrected chi connectivity index (χ2v) is 4.38. The summed E-state index contributed by atoms with van der Waals surface area (Å²) in [7, 11) is 0. The minimum absolute atomic E-state index is 0.0897. The summed E-state index contributed by atoms with van der Waals surface area (Å²) < 4.78 is 5.17. The molecule has 0 saturated heterocycles. The maximum atomic E-state index is 10.9. The molecule has 0 spiro atoms. The van der Waals surface area contributed by atoms with Crippen molar-refractivity contribution in [3.63, 3.8) is 0 Å². The first-order valence-corrected chi connectivity index (χ1v) is 5.16. The van der Waals surface area contributed by atoms with Crippen molar-refractivity contribution >= 4 is 5.97 Å². The zero-order chi connectivity index (χ0) is 12.9. The molecule has 0 radical (unpaired) electrons. The van der Waals surface area contributed by atoms with E-state index in [2.05, 4.69) is 0 Å². The minimum atomic E-state index is -1.04. The molecule has 0 atom stereocenters. The number of ether oxygens (including phenoxy) is 1. The van der Waals surface area contributed by atoms with Gasteiger partial charge in [0.05, 0.1) is 5.60 Å². The second kappa shape index (κ2) is 5.65. The van der Waals surface area contributed by atoms with Crippen LogP contribution in [-0.2, 0) is 9.78 Å². The molecule has 1 aromatic rings. The van der Waals surface area contributed by atoms with Crippen LogP contribution < -0.4 is 4.74 Å². The van der Waals surface area contributed by atoms with Crippen LogP contribution in [0.3, 0.4) is 0 Å². The van der Waals surface area contributed by atoms with Crippen LogP contribution in [0.25, 0.3) is 0 Å². The maximum Gasteiger partial charge on any atom is 0.339 e. The van der Waals surface area contributed by atoms with E-state index >= 15 is 0 Å². The number of benzene rings is 1. The van der Waals surface area contributed by atoms with Crippen molar-refractivity contribution in [2.75, 3.05) is 6.79 Å². The summed E-state index contributed by atoms with van der Waals surface area (Å²) >= 11 is 0. The average Bonchev–Trinajstić information content (AvgIpc) is 2.23. The van der Waals surface area contributed by atoms with Gasteiger partial charge in [0, 0.05) is 0 Å². The highest BCUT2D eigenvalue weighted by atomic mass is 17.2. The summed E-state index contributed by atoms with van der Waals surface area (Å²) in [4.78, 5) is 20.7. The Hall–Kier alpha value is -1.59. The largest absolute Gasteiger partial charge is 0.478 e. The Morgan fingerprint density at radius 3 is 2.53 bits per heavy atom. The third-order valence-electron chi connectivity index (χ3n) is 1.69. The lowest BCUT2D eigenvalue weighted by molar-refractivity contribution is -0.370. The van der Waals surface area contributed by atoms with E-state index in [1.807, 2.05) is 20.8 Å². The van der Waals surface area contributed by atoms with E-state index in [-0.39, 0.29) is 18.1 Å². The third kappa shape index (κ3) is 4.84. The van der Waals surface area contributed by atoms with Crippen molar-refractivity contribution in [1.82, 2.24) is 0 Å². The Kier molecular flexibility index (Phi) is 4.48. The van der Waals surface area contributed by atoms with E-state index in [1.54, 1.807) is 18.2 Å². The van der Waals surface area contributed by atoms with Crippen LogP contribution in [-0.4, -0.2) is 23.5 Å². The molecule has 5 heteroatoms. The second-order valence-electron chi connectivity index (χ2n) is 4.38. The molecule has 0 bridgehead atoms. The number of carboxylic acids is 1. The van der Waals surface area contributed by atoms with Crippen molar-refractivity contribution < 1.29 is 24.4 Å². The SMILES string of the molecule is CC(C)(C)OOCOc1ccccc1C(=O)O. The highest BCUT2D eigenvalue weighted by molar-refractivity contribution is 5.90. The molecule has 0 aromatic heterocycles. The first-order valence-electron chi connectivity index (χ1n) is 5.16. The number of rotatable bonds is 5. The molecular formula is C12H16O5. The molecule has 0 saturated carbocycles. The number of carbonyl (C=O) groups is 1. The van der Waals surface area contributed by atoms with Gasteiger partial charge in [-0.3, -0.25) is 0 Å². The lowest BCUT2D eigenvalue weighted by Gasteiger charge is -2.17. The van der Waals surface area contributed by atoms with Crippen molar-refractivity contribution in [3.05, 3.63) is 29.8 Å². The molecule has 0 amide bonds. The van der Waals surface area contributed by atoms with E-state index in [1.165, 1.54) is 6.07 Å². The van der Waals surface area contributed by atoms with Crippen LogP contribution in [0.1, 0.15) is 31.1 Å². The Balaban J connectivity index is 2.49. The molecule has 0 unspecified atom stereocenters. The van der Waals surface area contributed by atoms with E-state index in [9.17, 15) is 4.79 Å². The first-order chi connectivity index (χ1) is 7.90. The standard InChI is InChI=1S/C12H16O5/c1-12(2,3)17-16-8-15-10-7-5-4-6-9(10)11(13)14/h4-7H,8H2,1-3H3,(H,13,14). The van der Waals surface area contributed by atoms with Gasteiger partial charge in [0.2, 0.25) is 6.79 Å².